The van der Waals surface area contributed by atoms with E-state index in [2.05, 4.69) is 61.2 Å². The van der Waals surface area contributed by atoms with E-state index >= 15 is 17.6 Å². The summed E-state index contributed by atoms with van der Waals surface area (Å²) in [6.45, 7) is 0. The second-order valence-electron chi connectivity index (χ2n) is 14.5. The number of aromatic nitrogens is 16. The second-order valence-corrected chi connectivity index (χ2v) is 16.4. The molecular formula is C41H34F4N18OS2. The highest BCUT2D eigenvalue weighted by molar-refractivity contribution is 7.20. The van der Waals surface area contributed by atoms with Gasteiger partial charge in [-0.2, -0.15) is 41.9 Å². The molecule has 0 spiro atoms. The lowest BCUT2D eigenvalue weighted by Gasteiger charge is -2.17. The summed E-state index contributed by atoms with van der Waals surface area (Å²) in [5.74, 6) is -8.40. The molecule has 19 nitrogen and oxygen atoms in total. The Balaban J connectivity index is 0.000000169. The van der Waals surface area contributed by atoms with Gasteiger partial charge in [0.05, 0.1) is 47.4 Å². The number of benzene rings is 2. The first-order valence-electron chi connectivity index (χ1n) is 19.3. The number of pyridine rings is 2. The third-order valence-corrected chi connectivity index (χ3v) is 11.6. The van der Waals surface area contributed by atoms with Gasteiger partial charge in [-0.05, 0) is 42.0 Å². The average Bonchev–Trinajstić information content (AvgIpc) is 4.17. The van der Waals surface area contributed by atoms with E-state index in [9.17, 15) is 4.79 Å². The molecule has 0 saturated heterocycles. The van der Waals surface area contributed by atoms with Crippen molar-refractivity contribution in [3.05, 3.63) is 139 Å². The van der Waals surface area contributed by atoms with Crippen LogP contribution in [0, 0.1) is 0 Å². The summed E-state index contributed by atoms with van der Waals surface area (Å²) >= 11 is 2.09. The summed E-state index contributed by atoms with van der Waals surface area (Å²) in [6.07, 6.45) is 13.1. The summed E-state index contributed by atoms with van der Waals surface area (Å²) in [7, 11) is 5.24. The Kier molecular flexibility index (Phi) is 11.0. The lowest BCUT2D eigenvalue weighted by atomic mass is 10.0. The highest BCUT2D eigenvalue weighted by Crippen LogP contribution is 2.39. The number of carbonyl (C=O) groups excluding carboxylic acids is 1. The molecule has 66 heavy (non-hydrogen) atoms. The molecule has 9 aromatic heterocycles. The van der Waals surface area contributed by atoms with E-state index < -0.39 is 23.5 Å². The number of rotatable bonds is 10. The van der Waals surface area contributed by atoms with Crippen LogP contribution in [0.2, 0.25) is 0 Å². The minimum Gasteiger partial charge on any atom is -0.327 e. The molecule has 11 aromatic rings. The van der Waals surface area contributed by atoms with Gasteiger partial charge in [0, 0.05) is 74.0 Å². The summed E-state index contributed by atoms with van der Waals surface area (Å²) < 4.78 is 68.6. The van der Waals surface area contributed by atoms with Crippen LogP contribution in [-0.2, 0) is 44.2 Å². The molecule has 334 valence electrons. The lowest BCUT2D eigenvalue weighted by Crippen LogP contribution is -2.27. The molecule has 25 heteroatoms. The molecular weight excluding hydrogens is 901 g/mol. The first kappa shape index (κ1) is 43.2. The summed E-state index contributed by atoms with van der Waals surface area (Å²) in [5.41, 5.74) is 2.61. The van der Waals surface area contributed by atoms with Crippen LogP contribution < -0.4 is 10.2 Å². The van der Waals surface area contributed by atoms with E-state index in [-0.39, 0.29) is 45.9 Å². The van der Waals surface area contributed by atoms with Gasteiger partial charge in [0.15, 0.2) is 0 Å². The number of amides is 1. The number of hydrogen-bond donors (Lipinski definition) is 1. The van der Waals surface area contributed by atoms with Gasteiger partial charge in [0.2, 0.25) is 37.7 Å². The maximum absolute atomic E-state index is 15.7. The van der Waals surface area contributed by atoms with E-state index in [1.165, 1.54) is 46.1 Å². The van der Waals surface area contributed by atoms with E-state index in [0.29, 0.717) is 43.9 Å². The third kappa shape index (κ3) is 8.04. The van der Waals surface area contributed by atoms with Crippen molar-refractivity contribution in [1.29, 1.82) is 0 Å². The maximum Gasteiger partial charge on any atom is 0.333 e. The lowest BCUT2D eigenvalue weighted by molar-refractivity contribution is -0.117. The number of hydrogen-bond acceptors (Lipinski definition) is 15. The van der Waals surface area contributed by atoms with Crippen molar-refractivity contribution in [3.63, 3.8) is 0 Å². The monoisotopic (exact) mass is 934 g/mol. The number of carbonyl (C=O) groups is 1. The molecule has 0 atom stereocenters. The largest absolute Gasteiger partial charge is 0.333 e. The number of anilines is 4. The Labute approximate surface area is 377 Å². The van der Waals surface area contributed by atoms with Gasteiger partial charge >= 0.3 is 11.8 Å². The highest BCUT2D eigenvalue weighted by Gasteiger charge is 2.42. The van der Waals surface area contributed by atoms with Crippen LogP contribution >= 0.6 is 22.7 Å². The van der Waals surface area contributed by atoms with Crippen molar-refractivity contribution >= 4 is 81.9 Å². The van der Waals surface area contributed by atoms with Crippen molar-refractivity contribution in [1.82, 2.24) is 78.9 Å². The van der Waals surface area contributed by atoms with Crippen molar-refractivity contribution in [2.45, 2.75) is 25.7 Å². The Morgan fingerprint density at radius 3 is 1.80 bits per heavy atom. The zero-order chi connectivity index (χ0) is 45.0. The van der Waals surface area contributed by atoms with Gasteiger partial charge in [0.25, 0.3) is 0 Å². The minimum absolute atomic E-state index is 0. The molecule has 0 radical (unpaired) electrons. The summed E-state index contributed by atoms with van der Waals surface area (Å²) in [4.78, 5) is 23.4. The fourth-order valence-corrected chi connectivity index (χ4v) is 8.51. The minimum atomic E-state index is -3.51. The molecule has 0 saturated carbocycles. The van der Waals surface area contributed by atoms with Crippen molar-refractivity contribution < 1.29 is 22.4 Å². The van der Waals surface area contributed by atoms with Crippen molar-refractivity contribution in [3.8, 4) is 0 Å². The quantitative estimate of drug-likeness (QED) is 0.135. The van der Waals surface area contributed by atoms with Gasteiger partial charge in [0.1, 0.15) is 0 Å². The number of nitrogens with zero attached hydrogens (tertiary/aromatic N) is 17. The standard InChI is InChI=1S/C23H18F2N10OS.C17H12F2N8S.CH4/c1-32-12-14(10-27-32)8-19(36)34(17-11-28-33(2)13-17)22-31-35-20(29-30-21(35)37-22)23(24,25)16-5-6-18-15(9-16)4-3-7-26-18;1-26-9-12(8-21-26)22-15-25-27-14(23-24-16(27)28-15)17(18,19)11-4-5-13-10(7-11)3-2-6-20-13;/h3-7,9-13H,8H2,1-2H3;2-9H,1H3,(H,22,25);1H4. The average molecular weight is 935 g/mol. The molecule has 0 aliphatic heterocycles. The molecule has 1 amide bonds. The molecule has 2 aromatic carbocycles. The number of fused-ring (bicyclic) bond motifs is 4. The van der Waals surface area contributed by atoms with E-state index in [1.54, 1.807) is 104 Å². The van der Waals surface area contributed by atoms with Gasteiger partial charge < -0.3 is 5.32 Å². The highest BCUT2D eigenvalue weighted by atomic mass is 32.1. The first-order valence-corrected chi connectivity index (χ1v) is 20.9. The molecule has 0 fully saturated rings. The summed E-state index contributed by atoms with van der Waals surface area (Å²) in [5, 5.41) is 40.8. The molecule has 1 N–H and O–H groups in total. The Hall–Kier alpha value is -8.06. The number of alkyl halides is 4. The second kappa shape index (κ2) is 16.8. The Morgan fingerprint density at radius 2 is 1.24 bits per heavy atom. The topological polar surface area (TPSA) is 198 Å². The molecule has 0 aliphatic rings. The van der Waals surface area contributed by atoms with Crippen LogP contribution in [0.4, 0.5) is 39.2 Å². The van der Waals surface area contributed by atoms with E-state index in [0.717, 1.165) is 31.7 Å². The number of halogens is 4. The van der Waals surface area contributed by atoms with E-state index in [1.807, 2.05) is 0 Å². The van der Waals surface area contributed by atoms with Crippen LogP contribution in [0.1, 0.15) is 35.8 Å². The first-order chi connectivity index (χ1) is 31.3. The maximum atomic E-state index is 15.7. The predicted molar refractivity (Wildman–Crippen MR) is 237 cm³/mol. The Morgan fingerprint density at radius 1 is 0.682 bits per heavy atom. The predicted octanol–water partition coefficient (Wildman–Crippen LogP) is 7.24. The zero-order valence-corrected chi connectivity index (χ0v) is 35.6. The SMILES string of the molecule is C.Cn1cc(CC(=O)N(c2cnn(C)c2)c2nn3c(C(F)(F)c4ccc5ncccc5c4)nnc3s2)cn1.Cn1cc(Nc2nn3c(C(F)(F)c4ccc5ncccc5c4)nnc3s2)cn1. The number of nitrogens with one attached hydrogen (secondary N) is 1. The third-order valence-electron chi connectivity index (χ3n) is 9.92. The van der Waals surface area contributed by atoms with Crippen molar-refractivity contribution in [2.24, 2.45) is 21.1 Å². The van der Waals surface area contributed by atoms with Crippen LogP contribution in [0.25, 0.3) is 31.7 Å². The van der Waals surface area contributed by atoms with Crippen LogP contribution in [0.15, 0.2) is 110 Å². The fourth-order valence-electron chi connectivity index (χ4n) is 6.87. The van der Waals surface area contributed by atoms with E-state index in [4.69, 9.17) is 0 Å². The molecule has 11 rings (SSSR count). The van der Waals surface area contributed by atoms with Gasteiger partial charge in [-0.25, -0.2) is 0 Å². The number of aryl methyl sites for hydroxylation is 3. The van der Waals surface area contributed by atoms with Crippen molar-refractivity contribution in [2.75, 3.05) is 10.2 Å². The van der Waals surface area contributed by atoms with Crippen LogP contribution in [-0.4, -0.2) is 84.8 Å². The smallest absolute Gasteiger partial charge is 0.327 e. The van der Waals surface area contributed by atoms with Gasteiger partial charge in [-0.15, -0.1) is 30.6 Å². The molecule has 0 bridgehead atoms. The van der Waals surface area contributed by atoms with Crippen LogP contribution in [0.3, 0.4) is 0 Å². The molecule has 9 heterocycles. The summed E-state index contributed by atoms with van der Waals surface area (Å²) in [6, 6.07) is 15.4. The van der Waals surface area contributed by atoms with Gasteiger partial charge in [-0.1, -0.05) is 54.4 Å². The normalized spacial score (nSPS) is 11.9. The fraction of sp³-hybridized carbons (Fsp3) is 0.171. The molecule has 0 aliphatic carbocycles. The Bertz CT molecular complexity index is 3530. The molecule has 0 unspecified atom stereocenters. The van der Waals surface area contributed by atoms with Gasteiger partial charge in [-0.3, -0.25) is 33.7 Å². The van der Waals surface area contributed by atoms with Crippen LogP contribution in [0.5, 0.6) is 0 Å². The zero-order valence-electron chi connectivity index (χ0n) is 33.9.